The molecule has 3 rings (SSSR count). The molecule has 0 unspecified atom stereocenters. The van der Waals surface area contributed by atoms with Crippen molar-refractivity contribution in [1.82, 2.24) is 4.98 Å². The molecule has 3 nitrogen and oxygen atoms in total. The SMILES string of the molecule is Cc1ccc(-c2nc(O)c(-c3ccccc3O)s2)cc1. The summed E-state index contributed by atoms with van der Waals surface area (Å²) in [7, 11) is 0. The number of nitrogens with zero attached hydrogens (tertiary/aromatic N) is 1. The van der Waals surface area contributed by atoms with Crippen molar-refractivity contribution in [2.75, 3.05) is 0 Å². The summed E-state index contributed by atoms with van der Waals surface area (Å²) in [5.74, 6) is 0.0916. The molecule has 1 aromatic heterocycles. The van der Waals surface area contributed by atoms with Gasteiger partial charge in [-0.3, -0.25) is 0 Å². The Morgan fingerprint density at radius 1 is 0.950 bits per heavy atom. The second kappa shape index (κ2) is 4.98. The zero-order chi connectivity index (χ0) is 14.1. The molecule has 1 heterocycles. The summed E-state index contributed by atoms with van der Waals surface area (Å²) >= 11 is 1.36. The molecule has 0 aliphatic rings. The van der Waals surface area contributed by atoms with Gasteiger partial charge in [-0.05, 0) is 19.1 Å². The number of benzene rings is 2. The average molecular weight is 283 g/mol. The van der Waals surface area contributed by atoms with Crippen LogP contribution >= 0.6 is 11.3 Å². The summed E-state index contributed by atoms with van der Waals surface area (Å²) in [4.78, 5) is 4.77. The van der Waals surface area contributed by atoms with Crippen LogP contribution in [-0.4, -0.2) is 15.2 Å². The van der Waals surface area contributed by atoms with E-state index in [1.54, 1.807) is 18.2 Å². The number of aromatic hydroxyl groups is 2. The third-order valence-corrected chi connectivity index (χ3v) is 4.18. The van der Waals surface area contributed by atoms with Crippen molar-refractivity contribution in [3.8, 4) is 32.6 Å². The van der Waals surface area contributed by atoms with Gasteiger partial charge in [0, 0.05) is 11.1 Å². The van der Waals surface area contributed by atoms with Crippen LogP contribution in [0.25, 0.3) is 21.0 Å². The number of aryl methyl sites for hydroxylation is 1. The summed E-state index contributed by atoms with van der Waals surface area (Å²) in [5, 5.41) is 20.6. The Bertz CT molecular complexity index is 747. The van der Waals surface area contributed by atoms with Crippen molar-refractivity contribution >= 4 is 11.3 Å². The predicted molar refractivity (Wildman–Crippen MR) is 81.1 cm³/mol. The molecule has 0 amide bonds. The van der Waals surface area contributed by atoms with Crippen molar-refractivity contribution in [1.29, 1.82) is 0 Å². The van der Waals surface area contributed by atoms with E-state index in [1.165, 1.54) is 16.9 Å². The van der Waals surface area contributed by atoms with Crippen LogP contribution in [0.1, 0.15) is 5.56 Å². The molecule has 2 N–H and O–H groups in total. The van der Waals surface area contributed by atoms with Gasteiger partial charge in [0.2, 0.25) is 5.88 Å². The van der Waals surface area contributed by atoms with Gasteiger partial charge in [0.25, 0.3) is 0 Å². The van der Waals surface area contributed by atoms with Gasteiger partial charge in [0.05, 0.1) is 0 Å². The summed E-state index contributed by atoms with van der Waals surface area (Å²) in [6, 6.07) is 14.9. The molecule has 2 aromatic carbocycles. The fraction of sp³-hybridized carbons (Fsp3) is 0.0625. The lowest BCUT2D eigenvalue weighted by atomic mass is 10.1. The average Bonchev–Trinajstić information content (AvgIpc) is 2.82. The molecule has 0 radical (unpaired) electrons. The van der Waals surface area contributed by atoms with Crippen LogP contribution in [0.4, 0.5) is 0 Å². The number of phenolic OH excluding ortho intramolecular Hbond substituents is 1. The number of thiazole rings is 1. The second-order valence-corrected chi connectivity index (χ2v) is 5.55. The van der Waals surface area contributed by atoms with Crippen molar-refractivity contribution in [2.45, 2.75) is 6.92 Å². The first kappa shape index (κ1) is 12.7. The van der Waals surface area contributed by atoms with E-state index in [2.05, 4.69) is 4.98 Å². The predicted octanol–water partition coefficient (Wildman–Crippen LogP) is 4.20. The maximum atomic E-state index is 10.0. The molecule has 3 aromatic rings. The highest BCUT2D eigenvalue weighted by Crippen LogP contribution is 2.42. The van der Waals surface area contributed by atoms with Crippen molar-refractivity contribution < 1.29 is 10.2 Å². The molecule has 0 saturated carbocycles. The molecular weight excluding hydrogens is 270 g/mol. The minimum Gasteiger partial charge on any atom is -0.507 e. The van der Waals surface area contributed by atoms with Crippen molar-refractivity contribution in [2.24, 2.45) is 0 Å². The number of aromatic nitrogens is 1. The minimum atomic E-state index is -0.0490. The highest BCUT2D eigenvalue weighted by atomic mass is 32.1. The fourth-order valence-corrected chi connectivity index (χ4v) is 2.97. The van der Waals surface area contributed by atoms with Crippen molar-refractivity contribution in [3.63, 3.8) is 0 Å². The van der Waals surface area contributed by atoms with Crippen LogP contribution in [-0.2, 0) is 0 Å². The summed E-state index contributed by atoms with van der Waals surface area (Å²) in [6.45, 7) is 2.02. The van der Waals surface area contributed by atoms with E-state index < -0.39 is 0 Å². The molecule has 100 valence electrons. The summed E-state index contributed by atoms with van der Waals surface area (Å²) in [5.41, 5.74) is 2.73. The lowest BCUT2D eigenvalue weighted by Gasteiger charge is -2.00. The minimum absolute atomic E-state index is 0.0490. The molecule has 0 saturated heterocycles. The second-order valence-electron chi connectivity index (χ2n) is 4.55. The number of hydrogen-bond acceptors (Lipinski definition) is 4. The Hall–Kier alpha value is -2.33. The van der Waals surface area contributed by atoms with Gasteiger partial charge in [0.15, 0.2) is 0 Å². The molecule has 0 aliphatic carbocycles. The highest BCUT2D eigenvalue weighted by Gasteiger charge is 2.15. The van der Waals surface area contributed by atoms with Crippen LogP contribution in [0.3, 0.4) is 0 Å². The summed E-state index contributed by atoms with van der Waals surface area (Å²) < 4.78 is 0. The molecule has 20 heavy (non-hydrogen) atoms. The van der Waals surface area contributed by atoms with E-state index in [9.17, 15) is 10.2 Å². The zero-order valence-corrected chi connectivity index (χ0v) is 11.7. The zero-order valence-electron chi connectivity index (χ0n) is 10.9. The number of rotatable bonds is 2. The number of hydrogen-bond donors (Lipinski definition) is 2. The van der Waals surface area contributed by atoms with Crippen LogP contribution in [0.5, 0.6) is 11.6 Å². The Morgan fingerprint density at radius 2 is 1.65 bits per heavy atom. The Labute approximate surface area is 120 Å². The first-order valence-electron chi connectivity index (χ1n) is 6.20. The van der Waals surface area contributed by atoms with Gasteiger partial charge in [0.1, 0.15) is 15.6 Å². The van der Waals surface area contributed by atoms with E-state index in [0.717, 1.165) is 10.6 Å². The fourth-order valence-electron chi connectivity index (χ4n) is 1.97. The standard InChI is InChI=1S/C16H13NO2S/c1-10-6-8-11(9-7-10)16-17-15(19)14(20-16)12-4-2-3-5-13(12)18/h2-9,18-19H,1H3. The Morgan fingerprint density at radius 3 is 2.35 bits per heavy atom. The van der Waals surface area contributed by atoms with Crippen LogP contribution in [0.2, 0.25) is 0 Å². The third kappa shape index (κ3) is 2.26. The monoisotopic (exact) mass is 283 g/mol. The molecule has 0 bridgehead atoms. The van der Waals surface area contributed by atoms with E-state index in [4.69, 9.17) is 0 Å². The lowest BCUT2D eigenvalue weighted by Crippen LogP contribution is -1.76. The topological polar surface area (TPSA) is 53.4 Å². The Kier molecular flexibility index (Phi) is 3.16. The maximum Gasteiger partial charge on any atom is 0.230 e. The van der Waals surface area contributed by atoms with Gasteiger partial charge in [-0.1, -0.05) is 42.0 Å². The van der Waals surface area contributed by atoms with Crippen LogP contribution in [0.15, 0.2) is 48.5 Å². The van der Waals surface area contributed by atoms with E-state index >= 15 is 0 Å². The molecular formula is C16H13NO2S. The first-order chi connectivity index (χ1) is 9.65. The molecule has 0 spiro atoms. The van der Waals surface area contributed by atoms with Gasteiger partial charge in [-0.2, -0.15) is 0 Å². The van der Waals surface area contributed by atoms with E-state index in [0.29, 0.717) is 10.4 Å². The van der Waals surface area contributed by atoms with E-state index in [1.807, 2.05) is 37.3 Å². The molecule has 0 aliphatic heterocycles. The maximum absolute atomic E-state index is 10.0. The largest absolute Gasteiger partial charge is 0.507 e. The lowest BCUT2D eigenvalue weighted by molar-refractivity contribution is 0.456. The van der Waals surface area contributed by atoms with E-state index in [-0.39, 0.29) is 11.6 Å². The van der Waals surface area contributed by atoms with Crippen molar-refractivity contribution in [3.05, 3.63) is 54.1 Å². The summed E-state index contributed by atoms with van der Waals surface area (Å²) in [6.07, 6.45) is 0. The molecule has 0 atom stereocenters. The Balaban J connectivity index is 2.08. The number of phenols is 1. The first-order valence-corrected chi connectivity index (χ1v) is 7.02. The quantitative estimate of drug-likeness (QED) is 0.741. The van der Waals surface area contributed by atoms with Gasteiger partial charge < -0.3 is 10.2 Å². The number of para-hydroxylation sites is 1. The molecule has 0 fully saturated rings. The van der Waals surface area contributed by atoms with Crippen LogP contribution in [0, 0.1) is 6.92 Å². The van der Waals surface area contributed by atoms with Gasteiger partial charge >= 0.3 is 0 Å². The highest BCUT2D eigenvalue weighted by molar-refractivity contribution is 7.18. The van der Waals surface area contributed by atoms with Gasteiger partial charge in [-0.15, -0.1) is 11.3 Å². The normalized spacial score (nSPS) is 10.7. The third-order valence-electron chi connectivity index (χ3n) is 3.06. The smallest absolute Gasteiger partial charge is 0.230 e. The van der Waals surface area contributed by atoms with Gasteiger partial charge in [-0.25, -0.2) is 4.98 Å². The molecule has 4 heteroatoms. The van der Waals surface area contributed by atoms with Crippen LogP contribution < -0.4 is 0 Å².